The van der Waals surface area contributed by atoms with Crippen LogP contribution in [-0.2, 0) is 16.6 Å². The minimum absolute atomic E-state index is 0.0810. The van der Waals surface area contributed by atoms with E-state index in [0.717, 1.165) is 12.5 Å². The molecule has 0 radical (unpaired) electrons. The van der Waals surface area contributed by atoms with Gasteiger partial charge in [0.2, 0.25) is 10.0 Å². The second-order valence-electron chi connectivity index (χ2n) is 5.35. The smallest absolute Gasteiger partial charge is 0.243 e. The van der Waals surface area contributed by atoms with E-state index in [0.29, 0.717) is 12.3 Å². The minimum atomic E-state index is -3.96. The largest absolute Gasteiger partial charge is 0.326 e. The van der Waals surface area contributed by atoms with Gasteiger partial charge in [0.15, 0.2) is 0 Å². The van der Waals surface area contributed by atoms with Crippen molar-refractivity contribution in [3.63, 3.8) is 0 Å². The van der Waals surface area contributed by atoms with Gasteiger partial charge in [0, 0.05) is 23.2 Å². The second-order valence-corrected chi connectivity index (χ2v) is 7.47. The van der Waals surface area contributed by atoms with Gasteiger partial charge < -0.3 is 5.73 Å². The number of halogens is 2. The minimum Gasteiger partial charge on any atom is -0.326 e. The van der Waals surface area contributed by atoms with Crippen molar-refractivity contribution in [1.82, 2.24) is 4.72 Å². The van der Waals surface area contributed by atoms with Gasteiger partial charge in [-0.2, -0.15) is 0 Å². The van der Waals surface area contributed by atoms with Crippen molar-refractivity contribution < 1.29 is 12.8 Å². The third-order valence-corrected chi connectivity index (χ3v) is 5.20. The highest BCUT2D eigenvalue weighted by molar-refractivity contribution is 7.89. The molecule has 0 saturated heterocycles. The zero-order valence-electron chi connectivity index (χ0n) is 12.5. The summed E-state index contributed by atoms with van der Waals surface area (Å²) in [4.78, 5) is -0.452. The van der Waals surface area contributed by atoms with Gasteiger partial charge >= 0.3 is 0 Å². The Balaban J connectivity index is 3.06. The molecule has 3 N–H and O–H groups in total. The second kappa shape index (κ2) is 7.54. The molecule has 21 heavy (non-hydrogen) atoms. The quantitative estimate of drug-likeness (QED) is 0.803. The Morgan fingerprint density at radius 1 is 1.38 bits per heavy atom. The Bertz CT molecular complexity index is 593. The summed E-state index contributed by atoms with van der Waals surface area (Å²) in [7, 11) is -3.96. The highest BCUT2D eigenvalue weighted by Gasteiger charge is 2.24. The summed E-state index contributed by atoms with van der Waals surface area (Å²) in [6.07, 6.45) is 1.64. The van der Waals surface area contributed by atoms with Crippen molar-refractivity contribution in [3.8, 4) is 0 Å². The lowest BCUT2D eigenvalue weighted by Gasteiger charge is -2.18. The van der Waals surface area contributed by atoms with Crippen molar-refractivity contribution in [2.24, 2.45) is 11.7 Å². The first-order valence-corrected chi connectivity index (χ1v) is 8.77. The fourth-order valence-corrected chi connectivity index (χ4v) is 3.82. The van der Waals surface area contributed by atoms with Crippen LogP contribution in [0.3, 0.4) is 0 Å². The molecule has 2 unspecified atom stereocenters. The summed E-state index contributed by atoms with van der Waals surface area (Å²) in [6, 6.07) is 2.15. The van der Waals surface area contributed by atoms with Gasteiger partial charge in [-0.15, -0.1) is 0 Å². The molecule has 0 saturated carbocycles. The summed E-state index contributed by atoms with van der Waals surface area (Å²) in [5.41, 5.74) is 5.48. The van der Waals surface area contributed by atoms with E-state index in [1.807, 2.05) is 13.8 Å². The monoisotopic (exact) mass is 336 g/mol. The molecule has 0 heterocycles. The van der Waals surface area contributed by atoms with Crippen LogP contribution in [0.25, 0.3) is 0 Å². The van der Waals surface area contributed by atoms with Crippen LogP contribution in [0.1, 0.15) is 39.2 Å². The van der Waals surface area contributed by atoms with E-state index < -0.39 is 20.7 Å². The number of sulfonamides is 1. The van der Waals surface area contributed by atoms with Crippen molar-refractivity contribution >= 4 is 21.6 Å². The molecule has 0 amide bonds. The molecule has 1 aromatic carbocycles. The molecular weight excluding hydrogens is 315 g/mol. The van der Waals surface area contributed by atoms with Gasteiger partial charge in [-0.3, -0.25) is 0 Å². The predicted molar refractivity (Wildman–Crippen MR) is 83.2 cm³/mol. The molecule has 1 aromatic rings. The van der Waals surface area contributed by atoms with Gasteiger partial charge in [-0.05, 0) is 31.4 Å². The predicted octanol–water partition coefficient (Wildman–Crippen LogP) is 3.04. The number of nitrogens with one attached hydrogen (secondary N) is 1. The van der Waals surface area contributed by atoms with Crippen LogP contribution in [0.5, 0.6) is 0 Å². The highest BCUT2D eigenvalue weighted by Crippen LogP contribution is 2.24. The van der Waals surface area contributed by atoms with E-state index in [1.165, 1.54) is 6.07 Å². The molecule has 0 bridgehead atoms. The molecule has 0 aromatic heterocycles. The average molecular weight is 337 g/mol. The first-order valence-electron chi connectivity index (χ1n) is 6.91. The van der Waals surface area contributed by atoms with Gasteiger partial charge in [-0.1, -0.05) is 31.9 Å². The summed E-state index contributed by atoms with van der Waals surface area (Å²) in [5, 5.41) is 0.145. The van der Waals surface area contributed by atoms with Crippen molar-refractivity contribution in [2.45, 2.75) is 51.1 Å². The van der Waals surface area contributed by atoms with Crippen LogP contribution >= 0.6 is 11.6 Å². The highest BCUT2D eigenvalue weighted by atomic mass is 35.5. The average Bonchev–Trinajstić information content (AvgIpc) is 2.39. The fraction of sp³-hybridized carbons (Fsp3) is 0.571. The van der Waals surface area contributed by atoms with E-state index in [2.05, 4.69) is 4.72 Å². The molecule has 7 heteroatoms. The maximum atomic E-state index is 14.2. The molecular formula is C14H22ClFN2O2S. The van der Waals surface area contributed by atoms with Gasteiger partial charge in [-0.25, -0.2) is 17.5 Å². The zero-order chi connectivity index (χ0) is 16.2. The van der Waals surface area contributed by atoms with Crippen molar-refractivity contribution in [3.05, 3.63) is 28.5 Å². The number of benzene rings is 1. The third kappa shape index (κ3) is 4.92. The SMILES string of the molecule is CCC(C)CC(C)NS(=O)(=O)c1cc(Cl)cc(CN)c1F. The first kappa shape index (κ1) is 18.4. The van der Waals surface area contributed by atoms with E-state index in [-0.39, 0.29) is 23.2 Å². The molecule has 1 rings (SSSR count). The maximum Gasteiger partial charge on any atom is 0.243 e. The Labute approximate surface area is 130 Å². The topological polar surface area (TPSA) is 72.2 Å². The summed E-state index contributed by atoms with van der Waals surface area (Å²) < 4.78 is 41.3. The number of hydrogen-bond acceptors (Lipinski definition) is 3. The molecule has 0 aliphatic heterocycles. The van der Waals surface area contributed by atoms with E-state index in [4.69, 9.17) is 17.3 Å². The summed E-state index contributed by atoms with van der Waals surface area (Å²) >= 11 is 5.84. The van der Waals surface area contributed by atoms with Crippen LogP contribution in [-0.4, -0.2) is 14.5 Å². The Kier molecular flexibility index (Phi) is 6.59. The number of nitrogens with two attached hydrogens (primary N) is 1. The molecule has 0 fully saturated rings. The van der Waals surface area contributed by atoms with E-state index >= 15 is 0 Å². The van der Waals surface area contributed by atoms with E-state index in [9.17, 15) is 12.8 Å². The van der Waals surface area contributed by atoms with Crippen molar-refractivity contribution in [2.75, 3.05) is 0 Å². The lowest BCUT2D eigenvalue weighted by Crippen LogP contribution is -2.34. The van der Waals surface area contributed by atoms with E-state index in [1.54, 1.807) is 6.92 Å². The van der Waals surface area contributed by atoms with Gasteiger partial charge in [0.25, 0.3) is 0 Å². The molecule has 120 valence electrons. The molecule has 0 aliphatic rings. The van der Waals surface area contributed by atoms with Crippen LogP contribution < -0.4 is 10.5 Å². The molecule has 0 aliphatic carbocycles. The Hall–Kier alpha value is -0.690. The summed E-state index contributed by atoms with van der Waals surface area (Å²) in [6.45, 7) is 5.72. The lowest BCUT2D eigenvalue weighted by atomic mass is 10.0. The fourth-order valence-electron chi connectivity index (χ4n) is 2.11. The number of rotatable bonds is 7. The molecule has 0 spiro atoms. The lowest BCUT2D eigenvalue weighted by molar-refractivity contribution is 0.444. The van der Waals surface area contributed by atoms with Gasteiger partial charge in [0.05, 0.1) is 0 Å². The normalized spacial score (nSPS) is 15.0. The van der Waals surface area contributed by atoms with Crippen molar-refractivity contribution in [1.29, 1.82) is 0 Å². The van der Waals surface area contributed by atoms with Crippen LogP contribution in [0.15, 0.2) is 17.0 Å². The maximum absolute atomic E-state index is 14.2. The zero-order valence-corrected chi connectivity index (χ0v) is 14.1. The molecule has 2 atom stereocenters. The first-order chi connectivity index (χ1) is 9.71. The Morgan fingerprint density at radius 2 is 2.00 bits per heavy atom. The standard InChI is InChI=1S/C14H22ClFN2O2S/c1-4-9(2)5-10(3)18-21(19,20)13-7-12(15)6-11(8-17)14(13)16/h6-7,9-10,18H,4-5,8,17H2,1-3H3. The number of hydrogen-bond donors (Lipinski definition) is 2. The van der Waals surface area contributed by atoms with Crippen LogP contribution in [0, 0.1) is 11.7 Å². The van der Waals surface area contributed by atoms with Crippen LogP contribution in [0.4, 0.5) is 4.39 Å². The summed E-state index contributed by atoms with van der Waals surface area (Å²) in [5.74, 6) is -0.461. The Morgan fingerprint density at radius 3 is 2.52 bits per heavy atom. The van der Waals surface area contributed by atoms with Gasteiger partial charge in [0.1, 0.15) is 10.7 Å². The van der Waals surface area contributed by atoms with Crippen LogP contribution in [0.2, 0.25) is 5.02 Å². The third-order valence-electron chi connectivity index (χ3n) is 3.40. The molecule has 4 nitrogen and oxygen atoms in total.